The van der Waals surface area contributed by atoms with Crippen LogP contribution in [0, 0.1) is 0 Å². The van der Waals surface area contributed by atoms with Crippen LogP contribution in [-0.4, -0.2) is 15.2 Å². The van der Waals surface area contributed by atoms with Gasteiger partial charge < -0.3 is 14.5 Å². The summed E-state index contributed by atoms with van der Waals surface area (Å²) in [6.07, 6.45) is 2.28. The van der Waals surface area contributed by atoms with Gasteiger partial charge in [-0.05, 0) is 60.9 Å². The Bertz CT molecular complexity index is 1360. The van der Waals surface area contributed by atoms with Crippen molar-refractivity contribution in [2.24, 2.45) is 0 Å². The van der Waals surface area contributed by atoms with Crippen LogP contribution >= 0.6 is 0 Å². The van der Waals surface area contributed by atoms with E-state index < -0.39 is 11.7 Å². The fraction of sp³-hybridized carbons (Fsp3) is 0.160. The third kappa shape index (κ3) is 4.50. The Morgan fingerprint density at radius 2 is 1.91 bits per heavy atom. The maximum absolute atomic E-state index is 12.9. The van der Waals surface area contributed by atoms with Gasteiger partial charge >= 0.3 is 12.2 Å². The number of benzene rings is 2. The quantitative estimate of drug-likeness (QED) is 0.337. The largest absolute Gasteiger partial charge is 0.457 e. The molecule has 5 rings (SSSR count). The molecule has 0 bridgehead atoms. The number of nitrogens with one attached hydrogen (secondary N) is 1. The molecule has 1 atom stereocenters. The summed E-state index contributed by atoms with van der Waals surface area (Å²) in [4.78, 5) is 4.42. The average Bonchev–Trinajstić information content (AvgIpc) is 3.28. The number of ether oxygens (including phenoxy) is 1. The number of hydrogen-bond donors (Lipinski definition) is 1. The molecular formula is C25H19F3N4O2. The lowest BCUT2D eigenvalue weighted by Gasteiger charge is -2.20. The van der Waals surface area contributed by atoms with Gasteiger partial charge in [0.1, 0.15) is 11.5 Å². The van der Waals surface area contributed by atoms with Gasteiger partial charge in [-0.3, -0.25) is 4.98 Å². The Balaban J connectivity index is 1.36. The van der Waals surface area contributed by atoms with Crippen LogP contribution in [0.25, 0.3) is 17.5 Å². The Morgan fingerprint density at radius 1 is 1.06 bits per heavy atom. The highest BCUT2D eigenvalue weighted by Gasteiger charge is 2.30. The van der Waals surface area contributed by atoms with E-state index in [2.05, 4.69) is 33.5 Å². The highest BCUT2D eigenvalue weighted by molar-refractivity contribution is 5.61. The number of fused-ring (bicyclic) bond motifs is 1. The minimum atomic E-state index is -4.44. The number of nitrogens with zero attached hydrogens (tertiary/aromatic N) is 3. The second-order valence-corrected chi connectivity index (χ2v) is 7.89. The lowest BCUT2D eigenvalue weighted by Crippen LogP contribution is -2.05. The topological polar surface area (TPSA) is 73.1 Å². The van der Waals surface area contributed by atoms with Crippen LogP contribution in [0.3, 0.4) is 0 Å². The van der Waals surface area contributed by atoms with Gasteiger partial charge in [-0.1, -0.05) is 30.2 Å². The molecule has 1 unspecified atom stereocenters. The number of rotatable bonds is 5. The van der Waals surface area contributed by atoms with Gasteiger partial charge in [-0.15, -0.1) is 5.10 Å². The first-order chi connectivity index (χ1) is 16.4. The zero-order chi connectivity index (χ0) is 23.7. The second kappa shape index (κ2) is 8.66. The molecule has 2 heterocycles. The first-order valence-corrected chi connectivity index (χ1v) is 10.6. The van der Waals surface area contributed by atoms with Crippen molar-refractivity contribution in [3.8, 4) is 23.0 Å². The van der Waals surface area contributed by atoms with Gasteiger partial charge in [-0.25, -0.2) is 0 Å². The van der Waals surface area contributed by atoms with Crippen LogP contribution in [-0.2, 0) is 6.18 Å². The van der Waals surface area contributed by atoms with Crippen molar-refractivity contribution >= 4 is 17.8 Å². The number of halogens is 3. The summed E-state index contributed by atoms with van der Waals surface area (Å²) >= 11 is 0. The summed E-state index contributed by atoms with van der Waals surface area (Å²) < 4.78 is 50.6. The van der Waals surface area contributed by atoms with E-state index in [1.165, 1.54) is 12.1 Å². The van der Waals surface area contributed by atoms with Crippen LogP contribution in [0.1, 0.15) is 36.1 Å². The molecule has 0 amide bonds. The van der Waals surface area contributed by atoms with E-state index in [0.29, 0.717) is 11.3 Å². The fourth-order valence-corrected chi connectivity index (χ4v) is 3.80. The van der Waals surface area contributed by atoms with Crippen molar-refractivity contribution in [2.75, 3.05) is 5.32 Å². The molecular weight excluding hydrogens is 445 g/mol. The number of aromatic nitrogens is 3. The Labute approximate surface area is 193 Å². The zero-order valence-electron chi connectivity index (χ0n) is 18.0. The number of anilines is 2. The maximum Gasteiger partial charge on any atom is 0.416 e. The fourth-order valence-electron chi connectivity index (χ4n) is 3.80. The van der Waals surface area contributed by atoms with Gasteiger partial charge in [0.05, 0.1) is 11.3 Å². The monoisotopic (exact) mass is 464 g/mol. The van der Waals surface area contributed by atoms with E-state index in [1.807, 2.05) is 18.2 Å². The van der Waals surface area contributed by atoms with E-state index >= 15 is 0 Å². The molecule has 1 N–H and O–H groups in total. The normalized spacial score (nSPS) is 15.1. The summed E-state index contributed by atoms with van der Waals surface area (Å²) in [6.45, 7) is 2.13. The van der Waals surface area contributed by atoms with E-state index in [0.717, 1.165) is 35.6 Å². The van der Waals surface area contributed by atoms with Crippen molar-refractivity contribution < 1.29 is 22.3 Å². The maximum atomic E-state index is 12.9. The standard InChI is InChI=1S/C25H19F3N4O2/c1-15-5-2-10-20-22(15)21(11-12-29-20)33-19-9-3-6-16(13-19)23-31-32-24(34-23)30-18-8-4-7-17(14-18)25(26,27)28/h2-4,6-15H,5H2,1H3,(H,30,32). The zero-order valence-corrected chi connectivity index (χ0v) is 18.0. The molecule has 2 aromatic heterocycles. The lowest BCUT2D eigenvalue weighted by atomic mass is 9.91. The highest BCUT2D eigenvalue weighted by atomic mass is 19.4. The molecule has 9 heteroatoms. The lowest BCUT2D eigenvalue weighted by molar-refractivity contribution is -0.137. The van der Waals surface area contributed by atoms with Crippen molar-refractivity contribution in [2.45, 2.75) is 25.4 Å². The van der Waals surface area contributed by atoms with E-state index in [9.17, 15) is 13.2 Å². The average molecular weight is 464 g/mol. The summed E-state index contributed by atoms with van der Waals surface area (Å²) in [7, 11) is 0. The molecule has 0 saturated carbocycles. The van der Waals surface area contributed by atoms with Crippen molar-refractivity contribution in [3.05, 3.63) is 83.7 Å². The van der Waals surface area contributed by atoms with Gasteiger partial charge in [-0.2, -0.15) is 13.2 Å². The van der Waals surface area contributed by atoms with E-state index in [1.54, 1.807) is 24.4 Å². The first kappa shape index (κ1) is 21.7. The van der Waals surface area contributed by atoms with Crippen molar-refractivity contribution in [1.82, 2.24) is 15.2 Å². The minimum Gasteiger partial charge on any atom is -0.457 e. The van der Waals surface area contributed by atoms with Gasteiger partial charge in [0, 0.05) is 23.0 Å². The number of pyridine rings is 1. The third-order valence-corrected chi connectivity index (χ3v) is 5.41. The molecule has 0 spiro atoms. The summed E-state index contributed by atoms with van der Waals surface area (Å²) in [5, 5.41) is 10.6. The summed E-state index contributed by atoms with van der Waals surface area (Å²) in [5.74, 6) is 1.80. The van der Waals surface area contributed by atoms with Crippen LogP contribution in [0.4, 0.5) is 24.9 Å². The molecule has 172 valence electrons. The Morgan fingerprint density at radius 3 is 2.76 bits per heavy atom. The van der Waals surface area contributed by atoms with Crippen LogP contribution in [0.2, 0.25) is 0 Å². The summed E-state index contributed by atoms with van der Waals surface area (Å²) in [6, 6.07) is 13.7. The minimum absolute atomic E-state index is 0.0236. The van der Waals surface area contributed by atoms with Gasteiger partial charge in [0.15, 0.2) is 0 Å². The van der Waals surface area contributed by atoms with Crippen LogP contribution in [0.15, 0.2) is 71.3 Å². The SMILES string of the molecule is CC1CC=Cc2nccc(Oc3cccc(-c4nnc(Nc5cccc(C(F)(F)F)c5)o4)c3)c21. The predicted molar refractivity (Wildman–Crippen MR) is 121 cm³/mol. The van der Waals surface area contributed by atoms with Crippen LogP contribution in [0.5, 0.6) is 11.5 Å². The molecule has 1 aliphatic carbocycles. The molecule has 0 saturated heterocycles. The molecule has 4 aromatic rings. The Hall–Kier alpha value is -4.14. The van der Waals surface area contributed by atoms with E-state index in [-0.39, 0.29) is 23.5 Å². The molecule has 6 nitrogen and oxygen atoms in total. The summed E-state index contributed by atoms with van der Waals surface area (Å²) in [5.41, 5.74) is 1.98. The predicted octanol–water partition coefficient (Wildman–Crippen LogP) is 7.21. The Kier molecular flexibility index (Phi) is 5.53. The highest BCUT2D eigenvalue weighted by Crippen LogP contribution is 2.38. The van der Waals surface area contributed by atoms with E-state index in [4.69, 9.17) is 9.15 Å². The molecule has 0 aliphatic heterocycles. The smallest absolute Gasteiger partial charge is 0.416 e. The molecule has 34 heavy (non-hydrogen) atoms. The molecule has 1 aliphatic rings. The first-order valence-electron chi connectivity index (χ1n) is 10.6. The van der Waals surface area contributed by atoms with Gasteiger partial charge in [0.25, 0.3) is 0 Å². The van der Waals surface area contributed by atoms with Crippen molar-refractivity contribution in [1.29, 1.82) is 0 Å². The van der Waals surface area contributed by atoms with Crippen LogP contribution < -0.4 is 10.1 Å². The number of allylic oxidation sites excluding steroid dienone is 1. The van der Waals surface area contributed by atoms with Crippen molar-refractivity contribution in [3.63, 3.8) is 0 Å². The molecule has 0 fully saturated rings. The second-order valence-electron chi connectivity index (χ2n) is 7.89. The number of alkyl halides is 3. The number of hydrogen-bond acceptors (Lipinski definition) is 6. The molecule has 0 radical (unpaired) electrons. The third-order valence-electron chi connectivity index (χ3n) is 5.41. The van der Waals surface area contributed by atoms with Gasteiger partial charge in [0.2, 0.25) is 5.89 Å². The molecule has 2 aromatic carbocycles.